The number of likely N-dealkylation sites (N-methyl/N-ethyl adjacent to an activating group) is 3. The number of ether oxygens (including phenoxy) is 2. The average molecular weight is 1380 g/mol. The molecule has 0 aromatic carbocycles. The second-order valence-corrected chi connectivity index (χ2v) is 32.2. The SMILES string of the molecule is C.C.C.C#CC(C)(C)C.CN1CCC(c2cc(C#CC(C)(C)C)sc2C(=O)O)=C(C2CCCCC2)C1.COC(=O)c1sc(C#CC(C)(C)C)cc1C1=C(C2CCCCC2)CN(C)CC1.COC(=O)c1sc(I)cc1C1=C(C2CCCCC2)CN(C)CC1.[Li+].[OH-]. The summed E-state index contributed by atoms with van der Waals surface area (Å²) in [6, 6.07) is 6.36. The number of carboxylic acids is 1. The number of aromatic carboxylic acids is 1. The molecule has 3 aliphatic heterocycles. The molecule has 0 amide bonds. The van der Waals surface area contributed by atoms with Gasteiger partial charge in [0, 0.05) is 72.2 Å². The fourth-order valence-corrected chi connectivity index (χ4v) is 15.9. The molecule has 9 rings (SSSR count). The Morgan fingerprint density at radius 1 is 0.528 bits per heavy atom. The number of carboxylic acid groups (broad SMARTS) is 1. The van der Waals surface area contributed by atoms with Crippen LogP contribution in [0.1, 0.15) is 256 Å². The van der Waals surface area contributed by atoms with Gasteiger partial charge < -0.3 is 34.8 Å². The van der Waals surface area contributed by atoms with Crippen molar-refractivity contribution in [1.29, 1.82) is 0 Å². The third-order valence-corrected chi connectivity index (χ3v) is 20.6. The molecule has 3 aliphatic carbocycles. The van der Waals surface area contributed by atoms with E-state index in [0.717, 1.165) is 92.7 Å². The van der Waals surface area contributed by atoms with E-state index in [1.807, 2.05) is 26.8 Å². The molecule has 0 bridgehead atoms. The fourth-order valence-electron chi connectivity index (χ4n) is 12.3. The first kappa shape index (κ1) is 83.6. The monoisotopic (exact) mass is 1380 g/mol. The van der Waals surface area contributed by atoms with E-state index in [9.17, 15) is 19.5 Å². The van der Waals surface area contributed by atoms with Gasteiger partial charge in [-0.3, -0.25) is 0 Å². The van der Waals surface area contributed by atoms with Crippen LogP contribution in [0.2, 0.25) is 0 Å². The minimum Gasteiger partial charge on any atom is -0.870 e. The van der Waals surface area contributed by atoms with E-state index in [1.165, 1.54) is 155 Å². The normalized spacial score (nSPS) is 18.1. The number of halogens is 1. The largest absolute Gasteiger partial charge is 1.00 e. The second kappa shape index (κ2) is 38.7. The van der Waals surface area contributed by atoms with Crippen LogP contribution in [-0.4, -0.2) is 118 Å². The van der Waals surface area contributed by atoms with Crippen molar-refractivity contribution >= 4 is 91.2 Å². The molecule has 0 spiro atoms. The van der Waals surface area contributed by atoms with Crippen LogP contribution in [0.4, 0.5) is 0 Å². The van der Waals surface area contributed by atoms with Crippen molar-refractivity contribution in [3.05, 3.63) is 78.9 Å². The van der Waals surface area contributed by atoms with E-state index in [0.29, 0.717) is 27.5 Å². The first-order valence-corrected chi connectivity index (χ1v) is 34.4. The van der Waals surface area contributed by atoms with Crippen molar-refractivity contribution < 1.29 is 53.3 Å². The van der Waals surface area contributed by atoms with Gasteiger partial charge in [-0.25, -0.2) is 14.4 Å². The number of carbonyl (C=O) groups is 3. The van der Waals surface area contributed by atoms with Gasteiger partial charge in [-0.2, -0.15) is 0 Å². The van der Waals surface area contributed by atoms with Crippen LogP contribution < -0.4 is 18.9 Å². The van der Waals surface area contributed by atoms with Crippen LogP contribution in [0, 0.1) is 72.9 Å². The summed E-state index contributed by atoms with van der Waals surface area (Å²) in [6.07, 6.45) is 27.7. The van der Waals surface area contributed by atoms with Crippen molar-refractivity contribution in [2.45, 2.75) is 200 Å². The Bertz CT molecular complexity index is 3040. The molecule has 6 aliphatic rings. The summed E-state index contributed by atoms with van der Waals surface area (Å²) in [6.45, 7) is 24.7. The number of esters is 2. The smallest absolute Gasteiger partial charge is 0.870 e. The average Bonchev–Trinajstić information content (AvgIpc) is 4.41. The zero-order valence-electron chi connectivity index (χ0n) is 54.9. The third-order valence-electron chi connectivity index (χ3n) is 16.6. The summed E-state index contributed by atoms with van der Waals surface area (Å²) < 4.78 is 11.3. The van der Waals surface area contributed by atoms with E-state index in [-0.39, 0.29) is 74.8 Å². The number of terminal acetylenes is 1. The standard InChI is InChI=1S/C24H33NO2S.C23H31NO2S.C18H24INO2S.C6H10.3CH4.Li.H2O/c1-24(2,3)13-11-18-15-20(22(28-18)23(26)27-5)19-12-14-25(4)16-21(19)17-9-7-6-8-10-17;1-23(2,3)12-10-17-14-19(21(27-17)22(25)26)18-11-13-24(4)15-20(18)16-8-6-5-7-9-16;1-20-9-8-13(15(11-20)12-6-4-3-5-7-12)14-10-16(19)23-17(14)18(21)22-2;1-5-6(2,3)4;;;;;/h15,17H,6-10,12,14,16H2,1-5H3;14,16H,5-9,11,13,15H2,1-4H3,(H,25,26);10,12H,3-9,11H2,1-2H3;1H,2-4H3;3*1H4;;1H2/q;;;;;;;+1;/p-1. The molecule has 0 atom stereocenters. The number of methoxy groups -OCH3 is 2. The van der Waals surface area contributed by atoms with E-state index >= 15 is 0 Å². The molecule has 6 heterocycles. The maximum atomic E-state index is 12.5. The Morgan fingerprint density at radius 3 is 1.11 bits per heavy atom. The number of thiophene rings is 3. The van der Waals surface area contributed by atoms with Crippen LogP contribution >= 0.6 is 56.6 Å². The Kier molecular flexibility index (Phi) is 36.3. The van der Waals surface area contributed by atoms with Gasteiger partial charge in [0.1, 0.15) is 14.6 Å². The van der Waals surface area contributed by atoms with Crippen molar-refractivity contribution in [2.24, 2.45) is 34.0 Å². The van der Waals surface area contributed by atoms with Gasteiger partial charge in [-0.05, 0) is 233 Å². The summed E-state index contributed by atoms with van der Waals surface area (Å²) >= 11 is 6.68. The summed E-state index contributed by atoms with van der Waals surface area (Å²) in [4.78, 5) is 47.7. The maximum Gasteiger partial charge on any atom is 1.00 e. The summed E-state index contributed by atoms with van der Waals surface area (Å²) in [5.74, 6) is 16.4. The summed E-state index contributed by atoms with van der Waals surface area (Å²) in [7, 11) is 9.53. The Labute approximate surface area is 578 Å². The summed E-state index contributed by atoms with van der Waals surface area (Å²) in [5.41, 5.74) is 11.8. The van der Waals surface area contributed by atoms with E-state index < -0.39 is 5.97 Å². The number of hydrogen-bond donors (Lipinski definition) is 1. The Balaban J connectivity index is 0.000000622. The fraction of sp³-hybridized carbons (Fsp3) is 0.635. The van der Waals surface area contributed by atoms with Gasteiger partial charge in [0.25, 0.3) is 0 Å². The van der Waals surface area contributed by atoms with Crippen molar-refractivity contribution in [3.8, 4) is 36.0 Å². The van der Waals surface area contributed by atoms with Gasteiger partial charge >= 0.3 is 36.8 Å². The van der Waals surface area contributed by atoms with Crippen LogP contribution in [0.3, 0.4) is 0 Å². The molecule has 3 aromatic rings. The molecule has 3 aromatic heterocycles. The predicted octanol–water partition coefficient (Wildman–Crippen LogP) is 16.3. The van der Waals surface area contributed by atoms with Crippen molar-refractivity contribution in [1.82, 2.24) is 14.7 Å². The molecule has 3 fully saturated rings. The second-order valence-electron chi connectivity index (χ2n) is 27.2. The molecule has 0 unspecified atom stereocenters. The molecule has 89 heavy (non-hydrogen) atoms. The van der Waals surface area contributed by atoms with Crippen molar-refractivity contribution in [3.63, 3.8) is 0 Å². The topological polar surface area (TPSA) is 130 Å². The molecule has 0 saturated heterocycles. The third kappa shape index (κ3) is 25.4. The molecule has 2 N–H and O–H groups in total. The van der Waals surface area contributed by atoms with Crippen LogP contribution in [0.15, 0.2) is 34.9 Å². The van der Waals surface area contributed by atoms with Gasteiger partial charge in [-0.1, -0.05) is 104 Å². The first-order valence-electron chi connectivity index (χ1n) is 30.9. The van der Waals surface area contributed by atoms with E-state index in [1.54, 1.807) is 22.5 Å². The number of nitrogens with zero attached hydrogens (tertiary/aromatic N) is 3. The zero-order valence-corrected chi connectivity index (χ0v) is 59.5. The van der Waals surface area contributed by atoms with Crippen LogP contribution in [0.25, 0.3) is 16.7 Å². The number of carbonyl (C=O) groups excluding carboxylic acids is 2. The minimum absolute atomic E-state index is 0. The van der Waals surface area contributed by atoms with Crippen LogP contribution in [0.5, 0.6) is 0 Å². The van der Waals surface area contributed by atoms with Gasteiger partial charge in [-0.15, -0.1) is 46.4 Å². The Hall–Kier alpha value is -3.42. The minimum atomic E-state index is -0.826. The predicted molar refractivity (Wildman–Crippen MR) is 385 cm³/mol. The van der Waals surface area contributed by atoms with Crippen LogP contribution in [-0.2, 0) is 9.47 Å². The zero-order chi connectivity index (χ0) is 61.5. The van der Waals surface area contributed by atoms with E-state index in [4.69, 9.17) is 15.9 Å². The van der Waals surface area contributed by atoms with Crippen molar-refractivity contribution in [2.75, 3.05) is 74.6 Å². The van der Waals surface area contributed by atoms with E-state index in [2.05, 4.69) is 142 Å². The molecular weight excluding hydrogens is 1270 g/mol. The number of rotatable bonds is 9. The molecule has 10 nitrogen and oxygen atoms in total. The van der Waals surface area contributed by atoms with Gasteiger partial charge in [0.2, 0.25) is 0 Å². The number of hydrogen-bond acceptors (Lipinski definition) is 12. The van der Waals surface area contributed by atoms with Gasteiger partial charge in [0.05, 0.1) is 26.9 Å². The summed E-state index contributed by atoms with van der Waals surface area (Å²) in [5, 5.41) is 9.82. The molecule has 0 radical (unpaired) electrons. The van der Waals surface area contributed by atoms with Gasteiger partial charge in [0.15, 0.2) is 0 Å². The molecule has 15 heteroatoms. The molecule has 3 saturated carbocycles. The first-order chi connectivity index (χ1) is 39.7. The quantitative estimate of drug-likeness (QED) is 0.0957. The molecule has 490 valence electrons. The Morgan fingerprint density at radius 2 is 0.820 bits per heavy atom. The molecular formula is C74H111ILiN3O7S3. The maximum absolute atomic E-state index is 12.5.